The van der Waals surface area contributed by atoms with Crippen LogP contribution in [0.25, 0.3) is 0 Å². The standard InChI is InChI=1S/C14H18Cl2O3S/c1-8(2)9(3)20(18,19)10(4)14(17)12-6-5-11(15)7-13(12)16/h5-10H,1-4H3. The number of carbonyl (C=O) groups is 1. The molecule has 1 aromatic rings. The van der Waals surface area contributed by atoms with E-state index in [-0.39, 0.29) is 16.5 Å². The molecular formula is C14H18Cl2O3S. The van der Waals surface area contributed by atoms with Crippen molar-refractivity contribution in [2.45, 2.75) is 38.2 Å². The number of hydrogen-bond acceptors (Lipinski definition) is 3. The molecule has 0 aliphatic carbocycles. The van der Waals surface area contributed by atoms with E-state index >= 15 is 0 Å². The molecule has 2 unspecified atom stereocenters. The number of carbonyl (C=O) groups excluding carboxylic acids is 1. The zero-order valence-corrected chi connectivity index (χ0v) is 14.2. The van der Waals surface area contributed by atoms with Crippen molar-refractivity contribution in [1.82, 2.24) is 0 Å². The minimum absolute atomic E-state index is 0.0593. The number of halogens is 2. The molecular weight excluding hydrogens is 319 g/mol. The van der Waals surface area contributed by atoms with Crippen LogP contribution in [0.3, 0.4) is 0 Å². The highest BCUT2D eigenvalue weighted by atomic mass is 35.5. The van der Waals surface area contributed by atoms with Gasteiger partial charge in [-0.2, -0.15) is 0 Å². The quantitative estimate of drug-likeness (QED) is 0.763. The molecule has 0 spiro atoms. The van der Waals surface area contributed by atoms with E-state index in [9.17, 15) is 13.2 Å². The van der Waals surface area contributed by atoms with Crippen molar-refractivity contribution >= 4 is 38.8 Å². The molecule has 20 heavy (non-hydrogen) atoms. The molecule has 0 N–H and O–H groups in total. The van der Waals surface area contributed by atoms with Gasteiger partial charge >= 0.3 is 0 Å². The smallest absolute Gasteiger partial charge is 0.182 e. The largest absolute Gasteiger partial charge is 0.293 e. The van der Waals surface area contributed by atoms with Gasteiger partial charge in [-0.15, -0.1) is 0 Å². The first-order valence-corrected chi connectivity index (χ1v) is 8.67. The van der Waals surface area contributed by atoms with Crippen molar-refractivity contribution in [1.29, 1.82) is 0 Å². The molecule has 0 saturated heterocycles. The first kappa shape index (κ1) is 17.5. The number of rotatable bonds is 5. The highest BCUT2D eigenvalue weighted by Gasteiger charge is 2.35. The van der Waals surface area contributed by atoms with Gasteiger partial charge in [-0.25, -0.2) is 8.42 Å². The third-order valence-electron chi connectivity index (χ3n) is 3.52. The zero-order chi connectivity index (χ0) is 15.7. The monoisotopic (exact) mass is 336 g/mol. The topological polar surface area (TPSA) is 51.2 Å². The summed E-state index contributed by atoms with van der Waals surface area (Å²) in [4.78, 5) is 12.3. The lowest BCUT2D eigenvalue weighted by molar-refractivity contribution is 0.0991. The molecule has 0 aliphatic rings. The maximum atomic E-state index is 12.4. The van der Waals surface area contributed by atoms with E-state index < -0.39 is 26.1 Å². The molecule has 112 valence electrons. The summed E-state index contributed by atoms with van der Waals surface area (Å²) in [5.41, 5.74) is 0.183. The average Bonchev–Trinajstić information content (AvgIpc) is 2.35. The Labute approximate surface area is 130 Å². The van der Waals surface area contributed by atoms with Gasteiger partial charge in [0.25, 0.3) is 0 Å². The van der Waals surface area contributed by atoms with Crippen molar-refractivity contribution in [2.75, 3.05) is 0 Å². The molecule has 1 rings (SSSR count). The molecule has 0 bridgehead atoms. The Balaban J connectivity index is 3.15. The molecule has 0 fully saturated rings. The summed E-state index contributed by atoms with van der Waals surface area (Å²) >= 11 is 11.7. The Bertz CT molecular complexity index is 609. The van der Waals surface area contributed by atoms with Gasteiger partial charge in [-0.3, -0.25) is 4.79 Å². The molecule has 2 atom stereocenters. The van der Waals surface area contributed by atoms with Crippen molar-refractivity contribution in [3.8, 4) is 0 Å². The van der Waals surface area contributed by atoms with Gasteiger partial charge in [-0.05, 0) is 38.0 Å². The predicted octanol–water partition coefficient (Wildman–Crippen LogP) is 4.02. The molecule has 6 heteroatoms. The van der Waals surface area contributed by atoms with Gasteiger partial charge in [0.1, 0.15) is 5.25 Å². The fraction of sp³-hybridized carbons (Fsp3) is 0.500. The SMILES string of the molecule is CC(C)C(C)S(=O)(=O)C(C)C(=O)c1ccc(Cl)cc1Cl. The van der Waals surface area contributed by atoms with Crippen LogP contribution in [0.1, 0.15) is 38.1 Å². The van der Waals surface area contributed by atoms with Crippen LogP contribution < -0.4 is 0 Å². The van der Waals surface area contributed by atoms with Crippen LogP contribution in [0.15, 0.2) is 18.2 Å². The van der Waals surface area contributed by atoms with Gasteiger partial charge in [0.05, 0.1) is 10.3 Å². The Morgan fingerprint density at radius 2 is 1.65 bits per heavy atom. The molecule has 1 aromatic carbocycles. The highest BCUT2D eigenvalue weighted by molar-refractivity contribution is 7.93. The molecule has 0 saturated carbocycles. The van der Waals surface area contributed by atoms with Crippen molar-refractivity contribution in [3.63, 3.8) is 0 Å². The van der Waals surface area contributed by atoms with E-state index in [0.717, 1.165) is 0 Å². The fourth-order valence-electron chi connectivity index (χ4n) is 1.76. The zero-order valence-electron chi connectivity index (χ0n) is 11.9. The molecule has 0 radical (unpaired) electrons. The van der Waals surface area contributed by atoms with Crippen LogP contribution in [0.4, 0.5) is 0 Å². The Morgan fingerprint density at radius 1 is 1.10 bits per heavy atom. The second-order valence-electron chi connectivity index (χ2n) is 5.17. The number of hydrogen-bond donors (Lipinski definition) is 0. The number of sulfone groups is 1. The molecule has 3 nitrogen and oxygen atoms in total. The maximum Gasteiger partial charge on any atom is 0.182 e. The van der Waals surface area contributed by atoms with Gasteiger partial charge < -0.3 is 0 Å². The summed E-state index contributed by atoms with van der Waals surface area (Å²) in [7, 11) is -3.55. The maximum absolute atomic E-state index is 12.4. The highest BCUT2D eigenvalue weighted by Crippen LogP contribution is 2.25. The average molecular weight is 337 g/mol. The third-order valence-corrected chi connectivity index (χ3v) is 6.84. The summed E-state index contributed by atoms with van der Waals surface area (Å²) in [5.74, 6) is -0.560. The normalized spacial score (nSPS) is 15.2. The van der Waals surface area contributed by atoms with E-state index in [1.807, 2.05) is 13.8 Å². The van der Waals surface area contributed by atoms with Crippen LogP contribution in [0, 0.1) is 5.92 Å². The molecule has 0 aliphatic heterocycles. The van der Waals surface area contributed by atoms with E-state index in [0.29, 0.717) is 5.02 Å². The second kappa shape index (κ2) is 6.46. The van der Waals surface area contributed by atoms with Gasteiger partial charge in [0.2, 0.25) is 0 Å². The number of ketones is 1. The summed E-state index contributed by atoms with van der Waals surface area (Å²) in [6.07, 6.45) is 0. The number of benzene rings is 1. The first-order valence-electron chi connectivity index (χ1n) is 6.31. The summed E-state index contributed by atoms with van der Waals surface area (Å²) in [5, 5.41) is -1.15. The van der Waals surface area contributed by atoms with E-state index in [1.165, 1.54) is 25.1 Å². The molecule has 0 amide bonds. The molecule has 0 heterocycles. The summed E-state index contributed by atoms with van der Waals surface area (Å²) < 4.78 is 24.8. The second-order valence-corrected chi connectivity index (χ2v) is 8.64. The Morgan fingerprint density at radius 3 is 2.10 bits per heavy atom. The summed E-state index contributed by atoms with van der Waals surface area (Å²) in [6, 6.07) is 4.41. The van der Waals surface area contributed by atoms with E-state index in [1.54, 1.807) is 6.92 Å². The predicted molar refractivity (Wildman–Crippen MR) is 83.5 cm³/mol. The van der Waals surface area contributed by atoms with E-state index in [2.05, 4.69) is 0 Å². The van der Waals surface area contributed by atoms with Crippen molar-refractivity contribution in [3.05, 3.63) is 33.8 Å². The summed E-state index contributed by atoms with van der Waals surface area (Å²) in [6.45, 7) is 6.65. The lowest BCUT2D eigenvalue weighted by Crippen LogP contribution is -2.36. The van der Waals surface area contributed by atoms with Crippen LogP contribution in [0.5, 0.6) is 0 Å². The van der Waals surface area contributed by atoms with Crippen LogP contribution >= 0.6 is 23.2 Å². The van der Waals surface area contributed by atoms with Crippen LogP contribution in [-0.4, -0.2) is 24.7 Å². The van der Waals surface area contributed by atoms with Crippen LogP contribution in [-0.2, 0) is 9.84 Å². The van der Waals surface area contributed by atoms with Crippen molar-refractivity contribution < 1.29 is 13.2 Å². The van der Waals surface area contributed by atoms with Crippen molar-refractivity contribution in [2.24, 2.45) is 5.92 Å². The van der Waals surface area contributed by atoms with Gasteiger partial charge in [0, 0.05) is 10.6 Å². The lowest BCUT2D eigenvalue weighted by atomic mass is 10.1. The Kier molecular flexibility index (Phi) is 5.64. The molecule has 0 aromatic heterocycles. The third kappa shape index (κ3) is 3.54. The van der Waals surface area contributed by atoms with Crippen LogP contribution in [0.2, 0.25) is 10.0 Å². The minimum Gasteiger partial charge on any atom is -0.293 e. The number of Topliss-reactive ketones (excluding diaryl/α,β-unsaturated/α-hetero) is 1. The minimum atomic E-state index is -3.55. The fourth-order valence-corrected chi connectivity index (χ4v) is 4.09. The van der Waals surface area contributed by atoms with E-state index in [4.69, 9.17) is 23.2 Å². The van der Waals surface area contributed by atoms with Gasteiger partial charge in [0.15, 0.2) is 15.6 Å². The lowest BCUT2D eigenvalue weighted by Gasteiger charge is -2.21. The van der Waals surface area contributed by atoms with Gasteiger partial charge in [-0.1, -0.05) is 37.0 Å². The first-order chi connectivity index (χ1) is 9.09. The Hall–Kier alpha value is -0.580.